The number of carbonyl (C=O) groups is 1. The minimum Gasteiger partial charge on any atom is -0.495 e. The number of hydrogen-bond donors (Lipinski definition) is 1. The van der Waals surface area contributed by atoms with Gasteiger partial charge >= 0.3 is 12.1 Å². The lowest BCUT2D eigenvalue weighted by Crippen LogP contribution is -2.11. The van der Waals surface area contributed by atoms with E-state index in [-0.39, 0.29) is 11.3 Å². The number of rotatable bonds is 3. The molecule has 0 amide bonds. The Hall–Kier alpha value is -1.79. The van der Waals surface area contributed by atoms with Crippen LogP contribution in [-0.2, 0) is 17.4 Å². The van der Waals surface area contributed by atoms with Crippen LogP contribution in [0.5, 0.6) is 5.75 Å². The fourth-order valence-electron chi connectivity index (χ4n) is 1.12. The van der Waals surface area contributed by atoms with Gasteiger partial charge in [-0.15, -0.1) is 0 Å². The molecule has 1 heterocycles. The SMILES string of the molecule is COc1cnc(C(F)(F)F)cc1CC(=O)O. The molecular formula is C9H8F3NO3. The number of alkyl halides is 3. The summed E-state index contributed by atoms with van der Waals surface area (Å²) in [6.07, 6.45) is -4.28. The molecule has 0 bridgehead atoms. The van der Waals surface area contributed by atoms with Crippen LogP contribution in [0.25, 0.3) is 0 Å². The van der Waals surface area contributed by atoms with E-state index < -0.39 is 24.3 Å². The molecule has 1 aromatic heterocycles. The molecule has 0 aliphatic carbocycles. The third-order valence-electron chi connectivity index (χ3n) is 1.80. The zero-order chi connectivity index (χ0) is 12.3. The Morgan fingerprint density at radius 1 is 1.56 bits per heavy atom. The number of pyridine rings is 1. The predicted molar refractivity (Wildman–Crippen MR) is 47.1 cm³/mol. The van der Waals surface area contributed by atoms with Gasteiger partial charge in [0.15, 0.2) is 0 Å². The molecule has 1 N–H and O–H groups in total. The van der Waals surface area contributed by atoms with Crippen LogP contribution in [0.3, 0.4) is 0 Å². The molecule has 16 heavy (non-hydrogen) atoms. The summed E-state index contributed by atoms with van der Waals surface area (Å²) in [7, 11) is 1.23. The molecule has 0 aliphatic rings. The fraction of sp³-hybridized carbons (Fsp3) is 0.333. The van der Waals surface area contributed by atoms with Gasteiger partial charge in [-0.3, -0.25) is 4.79 Å². The van der Waals surface area contributed by atoms with Gasteiger partial charge in [0.05, 0.1) is 19.7 Å². The topological polar surface area (TPSA) is 59.4 Å². The predicted octanol–water partition coefficient (Wildman–Crippen LogP) is 1.74. The van der Waals surface area contributed by atoms with Gasteiger partial charge in [-0.05, 0) is 6.07 Å². The second-order valence-corrected chi connectivity index (χ2v) is 2.95. The van der Waals surface area contributed by atoms with Crippen LogP contribution in [0.1, 0.15) is 11.3 Å². The first-order valence-corrected chi connectivity index (χ1v) is 4.16. The van der Waals surface area contributed by atoms with Gasteiger partial charge in [0.2, 0.25) is 0 Å². The number of halogens is 3. The molecule has 0 fully saturated rings. The maximum atomic E-state index is 12.3. The highest BCUT2D eigenvalue weighted by molar-refractivity contribution is 5.71. The van der Waals surface area contributed by atoms with Crippen molar-refractivity contribution in [3.05, 3.63) is 23.5 Å². The Kier molecular flexibility index (Phi) is 3.36. The van der Waals surface area contributed by atoms with Crippen molar-refractivity contribution in [2.75, 3.05) is 7.11 Å². The van der Waals surface area contributed by atoms with Gasteiger partial charge in [-0.2, -0.15) is 13.2 Å². The van der Waals surface area contributed by atoms with Crippen LogP contribution in [-0.4, -0.2) is 23.2 Å². The summed E-state index contributed by atoms with van der Waals surface area (Å²) in [5.41, 5.74) is -1.19. The third kappa shape index (κ3) is 2.85. The number of aliphatic carboxylic acids is 1. The van der Waals surface area contributed by atoms with Crippen LogP contribution < -0.4 is 4.74 Å². The second-order valence-electron chi connectivity index (χ2n) is 2.95. The van der Waals surface area contributed by atoms with Crippen molar-refractivity contribution < 1.29 is 27.8 Å². The van der Waals surface area contributed by atoms with Crippen molar-refractivity contribution in [1.82, 2.24) is 4.98 Å². The maximum Gasteiger partial charge on any atom is 0.433 e. The smallest absolute Gasteiger partial charge is 0.433 e. The zero-order valence-electron chi connectivity index (χ0n) is 8.21. The Morgan fingerprint density at radius 2 is 2.19 bits per heavy atom. The quantitative estimate of drug-likeness (QED) is 0.866. The van der Waals surface area contributed by atoms with Gasteiger partial charge in [-0.25, -0.2) is 4.98 Å². The monoisotopic (exact) mass is 235 g/mol. The number of carboxylic acids is 1. The number of ether oxygens (including phenoxy) is 1. The normalized spacial score (nSPS) is 11.2. The highest BCUT2D eigenvalue weighted by Gasteiger charge is 2.33. The van der Waals surface area contributed by atoms with E-state index in [1.54, 1.807) is 0 Å². The lowest BCUT2D eigenvalue weighted by atomic mass is 10.1. The van der Waals surface area contributed by atoms with Crippen molar-refractivity contribution in [2.24, 2.45) is 0 Å². The standard InChI is InChI=1S/C9H8F3NO3/c1-16-6-4-13-7(9(10,11)12)2-5(6)3-8(14)15/h2,4H,3H2,1H3,(H,14,15). The minimum absolute atomic E-state index is 0.0235. The Labute approximate surface area is 88.7 Å². The number of aromatic nitrogens is 1. The molecule has 0 aromatic carbocycles. The summed E-state index contributed by atoms with van der Waals surface area (Å²) in [6, 6.07) is 0.674. The molecule has 1 rings (SSSR count). The van der Waals surface area contributed by atoms with E-state index >= 15 is 0 Å². The van der Waals surface area contributed by atoms with Gasteiger partial charge in [0.25, 0.3) is 0 Å². The van der Waals surface area contributed by atoms with Gasteiger partial charge in [0.1, 0.15) is 11.4 Å². The molecule has 7 heteroatoms. The highest BCUT2D eigenvalue weighted by atomic mass is 19.4. The van der Waals surface area contributed by atoms with Crippen molar-refractivity contribution >= 4 is 5.97 Å². The van der Waals surface area contributed by atoms with Crippen LogP contribution in [0.15, 0.2) is 12.3 Å². The maximum absolute atomic E-state index is 12.3. The molecule has 1 aromatic rings. The molecule has 88 valence electrons. The van der Waals surface area contributed by atoms with Gasteiger partial charge < -0.3 is 9.84 Å². The fourth-order valence-corrected chi connectivity index (χ4v) is 1.12. The van der Waals surface area contributed by atoms with E-state index in [0.717, 1.165) is 6.20 Å². The molecule has 0 unspecified atom stereocenters. The average Bonchev–Trinajstić information content (AvgIpc) is 2.15. The van der Waals surface area contributed by atoms with E-state index in [0.29, 0.717) is 6.07 Å². The Bertz CT molecular complexity index is 403. The van der Waals surface area contributed by atoms with Crippen LogP contribution >= 0.6 is 0 Å². The van der Waals surface area contributed by atoms with Crippen molar-refractivity contribution in [3.8, 4) is 5.75 Å². The summed E-state index contributed by atoms with van der Waals surface area (Å²) in [5.74, 6) is -1.21. The zero-order valence-corrected chi connectivity index (χ0v) is 8.21. The molecule has 0 atom stereocenters. The highest BCUT2D eigenvalue weighted by Crippen LogP contribution is 2.30. The first-order chi connectivity index (χ1) is 7.34. The van der Waals surface area contributed by atoms with E-state index in [4.69, 9.17) is 9.84 Å². The molecular weight excluding hydrogens is 227 g/mol. The lowest BCUT2D eigenvalue weighted by Gasteiger charge is -2.10. The molecule has 0 saturated heterocycles. The third-order valence-corrected chi connectivity index (χ3v) is 1.80. The van der Waals surface area contributed by atoms with E-state index in [2.05, 4.69) is 4.98 Å². The Morgan fingerprint density at radius 3 is 2.62 bits per heavy atom. The molecule has 0 aliphatic heterocycles. The van der Waals surface area contributed by atoms with Crippen molar-refractivity contribution in [2.45, 2.75) is 12.6 Å². The molecule has 0 spiro atoms. The van der Waals surface area contributed by atoms with Gasteiger partial charge in [0, 0.05) is 5.56 Å². The van der Waals surface area contributed by atoms with Crippen LogP contribution in [0, 0.1) is 0 Å². The lowest BCUT2D eigenvalue weighted by molar-refractivity contribution is -0.141. The number of hydrogen-bond acceptors (Lipinski definition) is 3. The van der Waals surface area contributed by atoms with Crippen molar-refractivity contribution in [3.63, 3.8) is 0 Å². The number of methoxy groups -OCH3 is 1. The number of nitrogens with zero attached hydrogens (tertiary/aromatic N) is 1. The Balaban J connectivity index is 3.16. The summed E-state index contributed by atoms with van der Waals surface area (Å²) in [5, 5.41) is 8.52. The van der Waals surface area contributed by atoms with E-state index in [1.165, 1.54) is 7.11 Å². The largest absolute Gasteiger partial charge is 0.495 e. The van der Waals surface area contributed by atoms with Crippen molar-refractivity contribution in [1.29, 1.82) is 0 Å². The first-order valence-electron chi connectivity index (χ1n) is 4.16. The second kappa shape index (κ2) is 4.38. The molecule has 0 radical (unpaired) electrons. The average molecular weight is 235 g/mol. The minimum atomic E-state index is -4.60. The first kappa shape index (κ1) is 12.3. The summed E-state index contributed by atoms with van der Waals surface area (Å²) in [4.78, 5) is 13.6. The van der Waals surface area contributed by atoms with Gasteiger partial charge in [-0.1, -0.05) is 0 Å². The van der Waals surface area contributed by atoms with Crippen LogP contribution in [0.2, 0.25) is 0 Å². The van der Waals surface area contributed by atoms with E-state index in [9.17, 15) is 18.0 Å². The summed E-state index contributed by atoms with van der Waals surface area (Å²) < 4.78 is 41.6. The van der Waals surface area contributed by atoms with E-state index in [1.807, 2.05) is 0 Å². The van der Waals surface area contributed by atoms with Crippen LogP contribution in [0.4, 0.5) is 13.2 Å². The summed E-state index contributed by atoms with van der Waals surface area (Å²) in [6.45, 7) is 0. The number of carboxylic acid groups (broad SMARTS) is 1. The molecule has 4 nitrogen and oxygen atoms in total. The molecule has 0 saturated carbocycles. The summed E-state index contributed by atoms with van der Waals surface area (Å²) >= 11 is 0.